The predicted octanol–water partition coefficient (Wildman–Crippen LogP) is 1.80. The van der Waals surface area contributed by atoms with E-state index in [1.165, 1.54) is 19.3 Å². The van der Waals surface area contributed by atoms with Crippen molar-refractivity contribution in [1.82, 2.24) is 15.5 Å². The Kier molecular flexibility index (Phi) is 5.58. The van der Waals surface area contributed by atoms with Gasteiger partial charge in [0.25, 0.3) is 5.91 Å². The molecule has 4 rings (SSSR count). The van der Waals surface area contributed by atoms with E-state index in [1.54, 1.807) is 4.90 Å². The molecule has 3 aliphatic rings. The summed E-state index contributed by atoms with van der Waals surface area (Å²) >= 11 is 0. The van der Waals surface area contributed by atoms with E-state index >= 15 is 0 Å². The maximum absolute atomic E-state index is 12.9. The molecule has 2 N–H and O–H groups in total. The first-order valence-electron chi connectivity index (χ1n) is 10.8. The van der Waals surface area contributed by atoms with Gasteiger partial charge in [-0.3, -0.25) is 19.7 Å². The number of hydrogen-bond donors (Lipinski definition) is 2. The lowest BCUT2D eigenvalue weighted by molar-refractivity contribution is -0.136. The molecule has 156 valence electrons. The van der Waals surface area contributed by atoms with Gasteiger partial charge in [-0.25, -0.2) is 0 Å². The number of nitrogens with one attached hydrogen (secondary N) is 2. The van der Waals surface area contributed by atoms with Crippen molar-refractivity contribution < 1.29 is 14.4 Å². The number of carbonyl (C=O) groups is 3. The minimum Gasteiger partial charge on any atom is -0.367 e. The third-order valence-corrected chi connectivity index (χ3v) is 6.53. The Bertz CT molecular complexity index is 824. The van der Waals surface area contributed by atoms with Crippen LogP contribution in [0.3, 0.4) is 0 Å². The maximum atomic E-state index is 12.9. The highest BCUT2D eigenvalue weighted by Gasteiger charge is 2.39. The Labute approximate surface area is 171 Å². The predicted molar refractivity (Wildman–Crippen MR) is 111 cm³/mol. The van der Waals surface area contributed by atoms with E-state index in [0.717, 1.165) is 24.3 Å². The second-order valence-electron chi connectivity index (χ2n) is 8.19. The van der Waals surface area contributed by atoms with Crippen LogP contribution in [0, 0.1) is 0 Å². The largest absolute Gasteiger partial charge is 0.367 e. The minimum absolute atomic E-state index is 0.115. The molecule has 2 aliphatic heterocycles. The van der Waals surface area contributed by atoms with Crippen molar-refractivity contribution in [3.63, 3.8) is 0 Å². The molecule has 1 unspecified atom stereocenters. The molecule has 0 radical (unpaired) electrons. The molecule has 1 saturated heterocycles. The van der Waals surface area contributed by atoms with Crippen LogP contribution in [0.1, 0.15) is 61.9 Å². The van der Waals surface area contributed by atoms with Gasteiger partial charge in [-0.2, -0.15) is 0 Å². The molecule has 7 nitrogen and oxygen atoms in total. The Balaban J connectivity index is 1.55. The summed E-state index contributed by atoms with van der Waals surface area (Å²) in [5, 5.41) is 5.98. The zero-order chi connectivity index (χ0) is 20.5. The summed E-state index contributed by atoms with van der Waals surface area (Å²) in [6.07, 6.45) is 4.26. The van der Waals surface area contributed by atoms with Crippen molar-refractivity contribution in [3.05, 3.63) is 29.3 Å². The molecule has 3 amide bonds. The number of benzene rings is 1. The molecule has 1 aliphatic carbocycles. The van der Waals surface area contributed by atoms with Gasteiger partial charge in [0, 0.05) is 42.8 Å². The average molecular weight is 399 g/mol. The van der Waals surface area contributed by atoms with Crippen molar-refractivity contribution in [1.29, 1.82) is 0 Å². The molecule has 0 bridgehead atoms. The molecular weight excluding hydrogens is 368 g/mol. The van der Waals surface area contributed by atoms with Crippen LogP contribution in [0.5, 0.6) is 0 Å². The summed E-state index contributed by atoms with van der Waals surface area (Å²) in [5.74, 6) is -0.740. The lowest BCUT2D eigenvalue weighted by Gasteiger charge is -2.34. The molecule has 2 fully saturated rings. The highest BCUT2D eigenvalue weighted by molar-refractivity contribution is 6.05. The van der Waals surface area contributed by atoms with E-state index in [4.69, 9.17) is 0 Å². The lowest BCUT2D eigenvalue weighted by atomic mass is 10.0. The first kappa shape index (κ1) is 19.9. The van der Waals surface area contributed by atoms with Crippen molar-refractivity contribution in [2.75, 3.05) is 18.0 Å². The standard InChI is InChI=1S/C22H30N4O3/c1-3-23-17-6-5-7-18(17)25(4-2)15-8-9-16-14(12-15)13-26(22(16)29)19-10-11-20(27)24-21(19)28/h8-9,12,17-19,23H,3-7,10-11,13H2,1-2H3,(H,24,27,28)/t17-,18+,19?/m1/s1. The van der Waals surface area contributed by atoms with Crippen molar-refractivity contribution in [2.45, 2.75) is 70.6 Å². The number of imide groups is 1. The Morgan fingerprint density at radius 3 is 2.72 bits per heavy atom. The zero-order valence-corrected chi connectivity index (χ0v) is 17.2. The molecule has 29 heavy (non-hydrogen) atoms. The van der Waals surface area contributed by atoms with Gasteiger partial charge in [0.2, 0.25) is 11.8 Å². The number of carbonyl (C=O) groups excluding carboxylic acids is 3. The molecule has 1 aromatic carbocycles. The highest BCUT2D eigenvalue weighted by atomic mass is 16.2. The third kappa shape index (κ3) is 3.64. The molecular formula is C22H30N4O3. The van der Waals surface area contributed by atoms with E-state index in [9.17, 15) is 14.4 Å². The molecule has 1 saturated carbocycles. The number of hydrogen-bond acceptors (Lipinski definition) is 5. The van der Waals surface area contributed by atoms with Gasteiger partial charge in [0.05, 0.1) is 0 Å². The summed E-state index contributed by atoms with van der Waals surface area (Å²) in [4.78, 5) is 40.6. The monoisotopic (exact) mass is 398 g/mol. The SMILES string of the molecule is CCN[C@@H]1CCC[C@@H]1N(CC)c1ccc2c(c1)CN(C1CCC(=O)NC1=O)C2=O. The van der Waals surface area contributed by atoms with E-state index in [2.05, 4.69) is 35.4 Å². The quantitative estimate of drug-likeness (QED) is 0.714. The average Bonchev–Trinajstić information content (AvgIpc) is 3.28. The molecule has 0 aromatic heterocycles. The molecule has 3 atom stereocenters. The maximum Gasteiger partial charge on any atom is 0.255 e. The number of likely N-dealkylation sites (N-methyl/N-ethyl adjacent to an activating group) is 2. The summed E-state index contributed by atoms with van der Waals surface area (Å²) in [6.45, 7) is 6.63. The van der Waals surface area contributed by atoms with E-state index < -0.39 is 6.04 Å². The zero-order valence-electron chi connectivity index (χ0n) is 17.2. The first-order chi connectivity index (χ1) is 14.0. The van der Waals surface area contributed by atoms with Crippen LogP contribution in [0.4, 0.5) is 5.69 Å². The van der Waals surface area contributed by atoms with Crippen LogP contribution in [0.25, 0.3) is 0 Å². The van der Waals surface area contributed by atoms with Gasteiger partial charge in [-0.15, -0.1) is 0 Å². The van der Waals surface area contributed by atoms with Gasteiger partial charge in [0.1, 0.15) is 6.04 Å². The number of anilines is 1. The van der Waals surface area contributed by atoms with Crippen molar-refractivity contribution in [2.24, 2.45) is 0 Å². The molecule has 2 heterocycles. The number of amides is 3. The second-order valence-corrected chi connectivity index (χ2v) is 8.19. The summed E-state index contributed by atoms with van der Waals surface area (Å²) < 4.78 is 0. The fraction of sp³-hybridized carbons (Fsp3) is 0.591. The van der Waals surface area contributed by atoms with Gasteiger partial charge in [-0.05, 0) is 62.9 Å². The third-order valence-electron chi connectivity index (χ3n) is 6.53. The smallest absolute Gasteiger partial charge is 0.255 e. The van der Waals surface area contributed by atoms with Crippen molar-refractivity contribution in [3.8, 4) is 0 Å². The van der Waals surface area contributed by atoms with Crippen LogP contribution in [0.2, 0.25) is 0 Å². The molecule has 0 spiro atoms. The van der Waals surface area contributed by atoms with E-state index in [0.29, 0.717) is 30.6 Å². The van der Waals surface area contributed by atoms with Crippen LogP contribution < -0.4 is 15.5 Å². The fourth-order valence-corrected chi connectivity index (χ4v) is 5.16. The van der Waals surface area contributed by atoms with Gasteiger partial charge in [-0.1, -0.05) is 6.92 Å². The van der Waals surface area contributed by atoms with E-state index in [1.807, 2.05) is 12.1 Å². The van der Waals surface area contributed by atoms with Gasteiger partial charge < -0.3 is 15.1 Å². The molecule has 1 aromatic rings. The number of piperidine rings is 1. The summed E-state index contributed by atoms with van der Waals surface area (Å²) in [7, 11) is 0. The lowest BCUT2D eigenvalue weighted by Crippen LogP contribution is -2.52. The van der Waals surface area contributed by atoms with Gasteiger partial charge in [0.15, 0.2) is 0 Å². The van der Waals surface area contributed by atoms with Crippen LogP contribution >= 0.6 is 0 Å². The van der Waals surface area contributed by atoms with Crippen LogP contribution in [-0.4, -0.2) is 53.8 Å². The summed E-state index contributed by atoms with van der Waals surface area (Å²) in [5.41, 5.74) is 2.77. The topological polar surface area (TPSA) is 81.8 Å². The Morgan fingerprint density at radius 1 is 1.17 bits per heavy atom. The van der Waals surface area contributed by atoms with Gasteiger partial charge >= 0.3 is 0 Å². The first-order valence-corrected chi connectivity index (χ1v) is 10.8. The number of nitrogens with zero attached hydrogens (tertiary/aromatic N) is 2. The summed E-state index contributed by atoms with van der Waals surface area (Å²) in [6, 6.07) is 6.44. The second kappa shape index (κ2) is 8.14. The van der Waals surface area contributed by atoms with Crippen LogP contribution in [-0.2, 0) is 16.1 Å². The Morgan fingerprint density at radius 2 is 2.00 bits per heavy atom. The Hall–Kier alpha value is -2.41. The normalized spacial score (nSPS) is 26.6. The van der Waals surface area contributed by atoms with Crippen molar-refractivity contribution >= 4 is 23.4 Å². The van der Waals surface area contributed by atoms with Crippen LogP contribution in [0.15, 0.2) is 18.2 Å². The van der Waals surface area contributed by atoms with E-state index in [-0.39, 0.29) is 24.1 Å². The molecule has 7 heteroatoms. The highest BCUT2D eigenvalue weighted by Crippen LogP contribution is 2.33. The fourth-order valence-electron chi connectivity index (χ4n) is 5.16. The minimum atomic E-state index is -0.564. The number of rotatable bonds is 6. The number of fused-ring (bicyclic) bond motifs is 1.